The molecule has 6 nitrogen and oxygen atoms in total. The molecule has 1 saturated heterocycles. The first-order chi connectivity index (χ1) is 14.3. The number of rotatable bonds is 4. The van der Waals surface area contributed by atoms with Crippen LogP contribution in [0, 0.1) is 0 Å². The van der Waals surface area contributed by atoms with E-state index >= 15 is 0 Å². The summed E-state index contributed by atoms with van der Waals surface area (Å²) in [7, 11) is 0. The van der Waals surface area contributed by atoms with E-state index in [0.717, 1.165) is 63.3 Å². The highest BCUT2D eigenvalue weighted by atomic mass is 16.5. The molecule has 2 aromatic carbocycles. The number of hydrogen-bond donors (Lipinski definition) is 1. The van der Waals surface area contributed by atoms with Crippen molar-refractivity contribution in [3.63, 3.8) is 0 Å². The highest BCUT2D eigenvalue weighted by Crippen LogP contribution is 2.24. The Bertz CT molecular complexity index is 969. The fourth-order valence-electron chi connectivity index (χ4n) is 3.96. The first-order valence-corrected chi connectivity index (χ1v) is 10.2. The molecular weight excluding hydrogens is 362 g/mol. The SMILES string of the molecule is c1ccc2c(c1)CCN(c1nccc(Nc3ccc(N4CCOCC4)cc3)n1)C2. The van der Waals surface area contributed by atoms with E-state index in [-0.39, 0.29) is 0 Å². The van der Waals surface area contributed by atoms with Gasteiger partial charge in [0.05, 0.1) is 13.2 Å². The molecule has 3 aromatic rings. The van der Waals surface area contributed by atoms with Gasteiger partial charge in [0.25, 0.3) is 0 Å². The monoisotopic (exact) mass is 387 g/mol. The zero-order valence-corrected chi connectivity index (χ0v) is 16.4. The van der Waals surface area contributed by atoms with Crippen LogP contribution in [0.25, 0.3) is 0 Å². The topological polar surface area (TPSA) is 53.5 Å². The summed E-state index contributed by atoms with van der Waals surface area (Å²) in [5.41, 5.74) is 5.04. The van der Waals surface area contributed by atoms with Crippen molar-refractivity contribution in [2.24, 2.45) is 0 Å². The summed E-state index contributed by atoms with van der Waals surface area (Å²) >= 11 is 0. The molecule has 0 bridgehead atoms. The second-order valence-electron chi connectivity index (χ2n) is 7.45. The summed E-state index contributed by atoms with van der Waals surface area (Å²) in [6.07, 6.45) is 2.85. The Kier molecular flexibility index (Phi) is 5.01. The minimum atomic E-state index is 0.773. The lowest BCUT2D eigenvalue weighted by molar-refractivity contribution is 0.122. The van der Waals surface area contributed by atoms with Crippen LogP contribution in [0.2, 0.25) is 0 Å². The Morgan fingerprint density at radius 1 is 0.828 bits per heavy atom. The van der Waals surface area contributed by atoms with Gasteiger partial charge in [-0.3, -0.25) is 0 Å². The number of nitrogens with one attached hydrogen (secondary N) is 1. The van der Waals surface area contributed by atoms with Crippen LogP contribution < -0.4 is 15.1 Å². The quantitative estimate of drug-likeness (QED) is 0.738. The molecule has 5 rings (SSSR count). The van der Waals surface area contributed by atoms with E-state index < -0.39 is 0 Å². The van der Waals surface area contributed by atoms with Crippen LogP contribution >= 0.6 is 0 Å². The third-order valence-corrected chi connectivity index (χ3v) is 5.57. The molecule has 0 radical (unpaired) electrons. The van der Waals surface area contributed by atoms with Crippen LogP contribution in [-0.4, -0.2) is 42.8 Å². The molecule has 0 atom stereocenters. The van der Waals surface area contributed by atoms with Crippen LogP contribution in [-0.2, 0) is 17.7 Å². The first-order valence-electron chi connectivity index (χ1n) is 10.2. The lowest BCUT2D eigenvalue weighted by Gasteiger charge is -2.29. The van der Waals surface area contributed by atoms with Crippen molar-refractivity contribution in [3.8, 4) is 0 Å². The molecule has 0 aliphatic carbocycles. The van der Waals surface area contributed by atoms with Crippen molar-refractivity contribution in [1.82, 2.24) is 9.97 Å². The lowest BCUT2D eigenvalue weighted by Crippen LogP contribution is -2.36. The molecule has 29 heavy (non-hydrogen) atoms. The smallest absolute Gasteiger partial charge is 0.227 e. The maximum absolute atomic E-state index is 5.43. The molecule has 3 heterocycles. The van der Waals surface area contributed by atoms with E-state index in [0.29, 0.717) is 0 Å². The largest absolute Gasteiger partial charge is 0.378 e. The van der Waals surface area contributed by atoms with Crippen molar-refractivity contribution in [3.05, 3.63) is 71.9 Å². The molecule has 1 aromatic heterocycles. The van der Waals surface area contributed by atoms with Gasteiger partial charge in [-0.1, -0.05) is 24.3 Å². The summed E-state index contributed by atoms with van der Waals surface area (Å²) < 4.78 is 5.43. The number of ether oxygens (including phenoxy) is 1. The van der Waals surface area contributed by atoms with Gasteiger partial charge in [-0.05, 0) is 47.9 Å². The summed E-state index contributed by atoms with van der Waals surface area (Å²) in [6, 6.07) is 19.0. The van der Waals surface area contributed by atoms with Crippen LogP contribution in [0.3, 0.4) is 0 Å². The maximum atomic E-state index is 5.43. The number of anilines is 4. The van der Waals surface area contributed by atoms with Crippen molar-refractivity contribution in [2.45, 2.75) is 13.0 Å². The molecule has 1 N–H and O–H groups in total. The van der Waals surface area contributed by atoms with Gasteiger partial charge in [-0.2, -0.15) is 4.98 Å². The molecule has 0 amide bonds. The molecule has 2 aliphatic rings. The van der Waals surface area contributed by atoms with E-state index in [2.05, 4.69) is 68.6 Å². The van der Waals surface area contributed by atoms with Crippen molar-refractivity contribution in [2.75, 3.05) is 48.0 Å². The average molecular weight is 387 g/mol. The van der Waals surface area contributed by atoms with E-state index in [4.69, 9.17) is 9.72 Å². The molecule has 0 unspecified atom stereocenters. The normalized spacial score (nSPS) is 16.4. The van der Waals surface area contributed by atoms with Gasteiger partial charge in [0, 0.05) is 43.8 Å². The zero-order valence-electron chi connectivity index (χ0n) is 16.4. The minimum Gasteiger partial charge on any atom is -0.378 e. The van der Waals surface area contributed by atoms with Crippen LogP contribution in [0.15, 0.2) is 60.8 Å². The van der Waals surface area contributed by atoms with Gasteiger partial charge in [-0.25, -0.2) is 4.98 Å². The number of aromatic nitrogens is 2. The number of morpholine rings is 1. The van der Waals surface area contributed by atoms with Crippen molar-refractivity contribution < 1.29 is 4.74 Å². The van der Waals surface area contributed by atoms with Crippen molar-refractivity contribution >= 4 is 23.1 Å². The fraction of sp³-hybridized carbons (Fsp3) is 0.304. The van der Waals surface area contributed by atoms with Gasteiger partial charge in [0.1, 0.15) is 5.82 Å². The van der Waals surface area contributed by atoms with Crippen LogP contribution in [0.1, 0.15) is 11.1 Å². The Morgan fingerprint density at radius 3 is 2.45 bits per heavy atom. The molecule has 1 fully saturated rings. The van der Waals surface area contributed by atoms with Gasteiger partial charge in [0.2, 0.25) is 5.95 Å². The summed E-state index contributed by atoms with van der Waals surface area (Å²) in [5, 5.41) is 3.41. The zero-order chi connectivity index (χ0) is 19.5. The van der Waals surface area contributed by atoms with Crippen LogP contribution in [0.4, 0.5) is 23.1 Å². The Morgan fingerprint density at radius 2 is 1.62 bits per heavy atom. The molecular formula is C23H25N5O. The minimum absolute atomic E-state index is 0.773. The number of fused-ring (bicyclic) bond motifs is 1. The molecule has 0 spiro atoms. The lowest BCUT2D eigenvalue weighted by atomic mass is 10.0. The Balaban J connectivity index is 1.28. The standard InChI is InChI=1S/C23H25N5O/c1-2-4-19-17-28(12-10-18(19)3-1)23-24-11-9-22(26-23)25-20-5-7-21(8-6-20)27-13-15-29-16-14-27/h1-9,11H,10,12-17H2,(H,24,25,26). The number of hydrogen-bond acceptors (Lipinski definition) is 6. The second-order valence-corrected chi connectivity index (χ2v) is 7.45. The summed E-state index contributed by atoms with van der Waals surface area (Å²) in [5.74, 6) is 1.59. The third-order valence-electron chi connectivity index (χ3n) is 5.57. The number of benzene rings is 2. The van der Waals surface area contributed by atoms with Gasteiger partial charge in [-0.15, -0.1) is 0 Å². The number of nitrogens with zero attached hydrogens (tertiary/aromatic N) is 4. The first kappa shape index (κ1) is 17.9. The van der Waals surface area contributed by atoms with Crippen LogP contribution in [0.5, 0.6) is 0 Å². The molecule has 6 heteroatoms. The summed E-state index contributed by atoms with van der Waals surface area (Å²) in [6.45, 7) is 5.28. The molecule has 2 aliphatic heterocycles. The highest BCUT2D eigenvalue weighted by molar-refractivity contribution is 5.61. The fourth-order valence-corrected chi connectivity index (χ4v) is 3.96. The average Bonchev–Trinajstić information content (AvgIpc) is 2.80. The predicted octanol–water partition coefficient (Wildman–Crippen LogP) is 3.62. The van der Waals surface area contributed by atoms with Crippen molar-refractivity contribution in [1.29, 1.82) is 0 Å². The van der Waals surface area contributed by atoms with E-state index in [1.165, 1.54) is 16.8 Å². The Labute approximate surface area is 171 Å². The van der Waals surface area contributed by atoms with Gasteiger partial charge < -0.3 is 19.9 Å². The summed E-state index contributed by atoms with van der Waals surface area (Å²) in [4.78, 5) is 13.9. The third kappa shape index (κ3) is 4.03. The highest BCUT2D eigenvalue weighted by Gasteiger charge is 2.18. The van der Waals surface area contributed by atoms with E-state index in [1.54, 1.807) is 0 Å². The van der Waals surface area contributed by atoms with E-state index in [9.17, 15) is 0 Å². The van der Waals surface area contributed by atoms with Gasteiger partial charge in [0.15, 0.2) is 0 Å². The molecule has 0 saturated carbocycles. The van der Waals surface area contributed by atoms with Gasteiger partial charge >= 0.3 is 0 Å². The maximum Gasteiger partial charge on any atom is 0.227 e. The molecule has 148 valence electrons. The predicted molar refractivity (Wildman–Crippen MR) is 116 cm³/mol. The van der Waals surface area contributed by atoms with E-state index in [1.807, 2.05) is 12.3 Å². The Hall–Kier alpha value is -3.12. The second kappa shape index (κ2) is 8.09.